The van der Waals surface area contributed by atoms with Crippen molar-refractivity contribution in [2.75, 3.05) is 6.61 Å². The molecule has 2 aromatic carbocycles. The first-order valence-corrected chi connectivity index (χ1v) is 8.27. The summed E-state index contributed by atoms with van der Waals surface area (Å²) in [5.74, 6) is 0.388. The first-order chi connectivity index (χ1) is 12.7. The van der Waals surface area contributed by atoms with Crippen molar-refractivity contribution in [1.82, 2.24) is 21.0 Å². The van der Waals surface area contributed by atoms with Crippen LogP contribution in [0.4, 0.5) is 0 Å². The third kappa shape index (κ3) is 3.92. The average molecular weight is 348 g/mol. The molecule has 0 atom stereocenters. The zero-order valence-electron chi connectivity index (χ0n) is 14.5. The minimum atomic E-state index is -0.338. The number of benzene rings is 2. The Morgan fingerprint density at radius 3 is 2.62 bits per heavy atom. The highest BCUT2D eigenvalue weighted by atomic mass is 16.5. The summed E-state index contributed by atoms with van der Waals surface area (Å²) in [4.78, 5) is 12.3. The fourth-order valence-corrected chi connectivity index (χ4v) is 2.45. The number of carbonyl (C=O) groups is 1. The second-order valence-electron chi connectivity index (χ2n) is 5.52. The van der Waals surface area contributed by atoms with Crippen LogP contribution in [0.5, 0.6) is 5.75 Å². The van der Waals surface area contributed by atoms with Gasteiger partial charge in [0.25, 0.3) is 5.91 Å². The molecule has 0 aliphatic rings. The zero-order valence-corrected chi connectivity index (χ0v) is 14.5. The van der Waals surface area contributed by atoms with Crippen molar-refractivity contribution in [2.24, 2.45) is 0 Å². The molecule has 3 N–H and O–H groups in total. The fourth-order valence-electron chi connectivity index (χ4n) is 2.45. The van der Waals surface area contributed by atoms with Crippen molar-refractivity contribution < 1.29 is 9.53 Å². The van der Waals surface area contributed by atoms with Crippen molar-refractivity contribution in [3.63, 3.8) is 0 Å². The van der Waals surface area contributed by atoms with Crippen LogP contribution in [0.1, 0.15) is 23.0 Å². The van der Waals surface area contributed by atoms with Gasteiger partial charge in [-0.05, 0) is 30.7 Å². The molecule has 0 aliphatic heterocycles. The molecule has 3 rings (SSSR count). The monoisotopic (exact) mass is 348 g/mol. The average Bonchev–Trinajstić information content (AvgIpc) is 3.17. The van der Waals surface area contributed by atoms with Crippen LogP contribution < -0.4 is 15.6 Å². The van der Waals surface area contributed by atoms with Crippen LogP contribution in [-0.2, 0) is 0 Å². The standard InChI is InChI=1S/C20H20N4O2/c1-3-26-19-12-8-7-11-16(19)17-13-18(23-22-17)20(25)24-21-14(2)15-9-5-4-6-10-15/h4-13,21H,2-3H2,1H3,(H,22,23)(H,24,25). The minimum absolute atomic E-state index is 0.333. The topological polar surface area (TPSA) is 79.0 Å². The summed E-state index contributed by atoms with van der Waals surface area (Å²) in [6, 6.07) is 18.8. The van der Waals surface area contributed by atoms with Gasteiger partial charge in [0.05, 0.1) is 18.0 Å². The SMILES string of the molecule is C=C(NNC(=O)c1cc(-c2ccccc2OCC)n[nH]1)c1ccccc1. The Kier molecular flexibility index (Phi) is 5.34. The summed E-state index contributed by atoms with van der Waals surface area (Å²) in [6.07, 6.45) is 0. The zero-order chi connectivity index (χ0) is 18.4. The van der Waals surface area contributed by atoms with Gasteiger partial charge in [-0.1, -0.05) is 49.0 Å². The molecule has 0 spiro atoms. The number of hydrogen-bond acceptors (Lipinski definition) is 4. The number of H-pyrrole nitrogens is 1. The van der Waals surface area contributed by atoms with E-state index in [1.54, 1.807) is 6.07 Å². The van der Waals surface area contributed by atoms with E-state index >= 15 is 0 Å². The van der Waals surface area contributed by atoms with Crippen molar-refractivity contribution in [3.05, 3.63) is 78.5 Å². The predicted octanol–water partition coefficient (Wildman–Crippen LogP) is 3.38. The van der Waals surface area contributed by atoms with Gasteiger partial charge in [-0.2, -0.15) is 5.10 Å². The van der Waals surface area contributed by atoms with E-state index < -0.39 is 0 Å². The van der Waals surface area contributed by atoms with Crippen molar-refractivity contribution in [2.45, 2.75) is 6.92 Å². The number of carbonyl (C=O) groups excluding carboxylic acids is 1. The number of hydrogen-bond donors (Lipinski definition) is 3. The number of rotatable bonds is 7. The Morgan fingerprint density at radius 1 is 1.12 bits per heavy atom. The molecule has 26 heavy (non-hydrogen) atoms. The van der Waals surface area contributed by atoms with Crippen LogP contribution in [-0.4, -0.2) is 22.7 Å². The summed E-state index contributed by atoms with van der Waals surface area (Å²) in [7, 11) is 0. The molecule has 0 unspecified atom stereocenters. The number of nitrogens with one attached hydrogen (secondary N) is 3. The van der Waals surface area contributed by atoms with Crippen LogP contribution in [0.3, 0.4) is 0 Å². The molecule has 1 amide bonds. The minimum Gasteiger partial charge on any atom is -0.493 e. The molecular formula is C20H20N4O2. The first-order valence-electron chi connectivity index (χ1n) is 8.27. The number of para-hydroxylation sites is 1. The quantitative estimate of drug-likeness (QED) is 0.572. The summed E-state index contributed by atoms with van der Waals surface area (Å²) >= 11 is 0. The second-order valence-corrected chi connectivity index (χ2v) is 5.52. The molecule has 0 saturated carbocycles. The Hall–Kier alpha value is -3.54. The Balaban J connectivity index is 1.68. The van der Waals surface area contributed by atoms with Gasteiger partial charge < -0.3 is 4.74 Å². The van der Waals surface area contributed by atoms with Crippen molar-refractivity contribution in [1.29, 1.82) is 0 Å². The molecule has 3 aromatic rings. The molecule has 0 radical (unpaired) electrons. The number of aromatic amines is 1. The van der Waals surface area contributed by atoms with Gasteiger partial charge in [0.2, 0.25) is 0 Å². The van der Waals surface area contributed by atoms with E-state index in [-0.39, 0.29) is 5.91 Å². The highest BCUT2D eigenvalue weighted by Crippen LogP contribution is 2.28. The van der Waals surface area contributed by atoms with Gasteiger partial charge in [-0.15, -0.1) is 0 Å². The first kappa shape index (κ1) is 17.3. The second kappa shape index (κ2) is 8.02. The Bertz CT molecular complexity index is 903. The molecule has 1 aromatic heterocycles. The summed E-state index contributed by atoms with van der Waals surface area (Å²) < 4.78 is 5.61. The molecule has 0 saturated heterocycles. The van der Waals surface area contributed by atoms with E-state index in [1.165, 1.54) is 0 Å². The molecule has 1 heterocycles. The lowest BCUT2D eigenvalue weighted by Crippen LogP contribution is -2.36. The lowest BCUT2D eigenvalue weighted by molar-refractivity contribution is 0.0937. The van der Waals surface area contributed by atoms with E-state index in [1.807, 2.05) is 61.5 Å². The number of nitrogens with zero attached hydrogens (tertiary/aromatic N) is 1. The van der Waals surface area contributed by atoms with Crippen molar-refractivity contribution in [3.8, 4) is 17.0 Å². The number of amides is 1. The summed E-state index contributed by atoms with van der Waals surface area (Å²) in [6.45, 7) is 6.39. The van der Waals surface area contributed by atoms with E-state index in [4.69, 9.17) is 4.74 Å². The van der Waals surface area contributed by atoms with E-state index in [0.717, 1.165) is 16.9 Å². The van der Waals surface area contributed by atoms with Crippen molar-refractivity contribution >= 4 is 11.6 Å². The molecular weight excluding hydrogens is 328 g/mol. The van der Waals surface area contributed by atoms with Gasteiger partial charge in [0.15, 0.2) is 0 Å². The maximum Gasteiger partial charge on any atom is 0.287 e. The van der Waals surface area contributed by atoms with E-state index in [0.29, 0.717) is 23.7 Å². The number of hydrazine groups is 1. The van der Waals surface area contributed by atoms with Crippen LogP contribution in [0, 0.1) is 0 Å². The largest absolute Gasteiger partial charge is 0.493 e. The Morgan fingerprint density at radius 2 is 1.85 bits per heavy atom. The van der Waals surface area contributed by atoms with Gasteiger partial charge >= 0.3 is 0 Å². The molecule has 0 aliphatic carbocycles. The van der Waals surface area contributed by atoms with Crippen LogP contribution in [0.2, 0.25) is 0 Å². The molecule has 6 heteroatoms. The molecule has 0 bridgehead atoms. The van der Waals surface area contributed by atoms with Crippen LogP contribution in [0.25, 0.3) is 17.0 Å². The maximum atomic E-state index is 12.3. The normalized spacial score (nSPS) is 10.2. The van der Waals surface area contributed by atoms with Gasteiger partial charge in [-0.3, -0.25) is 20.7 Å². The lowest BCUT2D eigenvalue weighted by Gasteiger charge is -2.10. The lowest BCUT2D eigenvalue weighted by atomic mass is 10.1. The third-order valence-corrected chi connectivity index (χ3v) is 3.73. The summed E-state index contributed by atoms with van der Waals surface area (Å²) in [5.41, 5.74) is 8.71. The molecule has 0 fully saturated rings. The van der Waals surface area contributed by atoms with Crippen LogP contribution in [0.15, 0.2) is 67.2 Å². The highest BCUT2D eigenvalue weighted by Gasteiger charge is 2.14. The Labute approximate surface area is 151 Å². The molecule has 6 nitrogen and oxygen atoms in total. The number of aromatic nitrogens is 2. The highest BCUT2D eigenvalue weighted by molar-refractivity contribution is 5.93. The fraction of sp³-hybridized carbons (Fsp3) is 0.100. The third-order valence-electron chi connectivity index (χ3n) is 3.73. The van der Waals surface area contributed by atoms with Gasteiger partial charge in [-0.25, -0.2) is 0 Å². The molecule has 132 valence electrons. The van der Waals surface area contributed by atoms with Crippen LogP contribution >= 0.6 is 0 Å². The van der Waals surface area contributed by atoms with Gasteiger partial charge in [0.1, 0.15) is 11.4 Å². The summed E-state index contributed by atoms with van der Waals surface area (Å²) in [5, 5.41) is 6.97. The smallest absolute Gasteiger partial charge is 0.287 e. The van der Waals surface area contributed by atoms with Gasteiger partial charge in [0, 0.05) is 5.56 Å². The van der Waals surface area contributed by atoms with E-state index in [2.05, 4.69) is 27.6 Å². The van der Waals surface area contributed by atoms with E-state index in [9.17, 15) is 4.79 Å². The maximum absolute atomic E-state index is 12.3. The predicted molar refractivity (Wildman–Crippen MR) is 101 cm³/mol. The number of ether oxygens (including phenoxy) is 1.